The fourth-order valence-electron chi connectivity index (χ4n) is 2.69. The maximum absolute atomic E-state index is 13.5. The highest BCUT2D eigenvalue weighted by atomic mass is 32.1. The van der Waals surface area contributed by atoms with E-state index in [1.165, 1.54) is 29.5 Å². The number of rotatable bonds is 3. The van der Waals surface area contributed by atoms with E-state index in [9.17, 15) is 9.18 Å². The number of hydrogen-bond donors (Lipinski definition) is 0. The van der Waals surface area contributed by atoms with Gasteiger partial charge in [-0.25, -0.2) is 4.39 Å². The van der Waals surface area contributed by atoms with E-state index in [-0.39, 0.29) is 19.2 Å². The molecule has 0 N–H and O–H groups in total. The zero-order valence-corrected chi connectivity index (χ0v) is 14.8. The van der Waals surface area contributed by atoms with Crippen LogP contribution < -0.4 is 14.3 Å². The lowest BCUT2D eigenvalue weighted by molar-refractivity contribution is -0.113. The minimum Gasteiger partial charge on any atom is -0.454 e. The van der Waals surface area contributed by atoms with E-state index in [0.29, 0.717) is 21.0 Å². The van der Waals surface area contributed by atoms with Crippen molar-refractivity contribution in [2.75, 3.05) is 6.79 Å². The smallest absolute Gasteiger partial charge is 0.272 e. The van der Waals surface area contributed by atoms with Crippen molar-refractivity contribution in [3.8, 4) is 23.8 Å². The Kier molecular flexibility index (Phi) is 4.48. The third kappa shape index (κ3) is 3.48. The summed E-state index contributed by atoms with van der Waals surface area (Å²) < 4.78 is 26.4. The normalized spacial score (nSPS) is 13.4. The minimum atomic E-state index is -0.439. The number of hydrogen-bond acceptors (Lipinski definition) is 4. The summed E-state index contributed by atoms with van der Waals surface area (Å²) in [6.07, 6.45) is 8.43. The number of fused-ring (bicyclic) bond motifs is 2. The van der Waals surface area contributed by atoms with Crippen molar-refractivity contribution < 1.29 is 18.7 Å². The van der Waals surface area contributed by atoms with Gasteiger partial charge in [-0.2, -0.15) is 4.99 Å². The summed E-state index contributed by atoms with van der Waals surface area (Å²) in [4.78, 5) is 16.8. The summed E-state index contributed by atoms with van der Waals surface area (Å²) in [5, 5.41) is 0. The lowest BCUT2D eigenvalue weighted by Crippen LogP contribution is -2.15. The number of terminal acetylenes is 1. The first kappa shape index (κ1) is 17.1. The third-order valence-electron chi connectivity index (χ3n) is 3.92. The summed E-state index contributed by atoms with van der Waals surface area (Å²) in [6, 6.07) is 9.77. The largest absolute Gasteiger partial charge is 0.454 e. The van der Waals surface area contributed by atoms with Gasteiger partial charge in [0.1, 0.15) is 5.82 Å². The van der Waals surface area contributed by atoms with E-state index in [2.05, 4.69) is 10.9 Å². The van der Waals surface area contributed by atoms with E-state index < -0.39 is 5.91 Å². The number of nitrogens with zero attached hydrogens (tertiary/aromatic N) is 2. The average Bonchev–Trinajstić information content (AvgIpc) is 3.24. The van der Waals surface area contributed by atoms with Crippen molar-refractivity contribution in [3.63, 3.8) is 0 Å². The highest BCUT2D eigenvalue weighted by molar-refractivity contribution is 7.16. The maximum atomic E-state index is 13.5. The first-order valence-electron chi connectivity index (χ1n) is 8.03. The monoisotopic (exact) mass is 380 g/mol. The molecule has 0 aliphatic carbocycles. The molecule has 4 rings (SSSR count). The van der Waals surface area contributed by atoms with Crippen LogP contribution in [-0.4, -0.2) is 17.3 Å². The van der Waals surface area contributed by atoms with Gasteiger partial charge in [0.15, 0.2) is 16.3 Å². The zero-order chi connectivity index (χ0) is 18.8. The fraction of sp³-hybridized carbons (Fsp3) is 0.100. The molecule has 0 radical (unpaired) electrons. The summed E-state index contributed by atoms with van der Waals surface area (Å²) in [5.74, 6) is 3.06. The molecule has 5 nitrogen and oxygen atoms in total. The van der Waals surface area contributed by atoms with Gasteiger partial charge < -0.3 is 14.0 Å². The van der Waals surface area contributed by atoms with Crippen molar-refractivity contribution >= 4 is 33.5 Å². The van der Waals surface area contributed by atoms with E-state index >= 15 is 0 Å². The molecule has 0 unspecified atom stereocenters. The fourth-order valence-corrected chi connectivity index (χ4v) is 3.75. The highest BCUT2D eigenvalue weighted by Crippen LogP contribution is 2.32. The Morgan fingerprint density at radius 1 is 1.30 bits per heavy atom. The predicted octanol–water partition coefficient (Wildman–Crippen LogP) is 3.34. The van der Waals surface area contributed by atoms with E-state index in [1.54, 1.807) is 28.8 Å². The molecule has 2 aromatic carbocycles. The van der Waals surface area contributed by atoms with Gasteiger partial charge in [0, 0.05) is 6.08 Å². The molecule has 1 aliphatic rings. The molecular weight excluding hydrogens is 367 g/mol. The molecule has 1 aliphatic heterocycles. The van der Waals surface area contributed by atoms with Gasteiger partial charge in [-0.1, -0.05) is 23.3 Å². The lowest BCUT2D eigenvalue weighted by atomic mass is 10.2. The summed E-state index contributed by atoms with van der Waals surface area (Å²) >= 11 is 1.21. The molecule has 0 spiro atoms. The van der Waals surface area contributed by atoms with Crippen LogP contribution in [0.4, 0.5) is 4.39 Å². The van der Waals surface area contributed by atoms with Gasteiger partial charge in [0.25, 0.3) is 5.91 Å². The molecule has 0 atom stereocenters. The van der Waals surface area contributed by atoms with Crippen LogP contribution in [0, 0.1) is 18.2 Å². The SMILES string of the molecule is C#CCn1c(=NC(=O)C=Cc2ccc3c(c2)OCO3)sc2cc(F)ccc21. The summed E-state index contributed by atoms with van der Waals surface area (Å²) in [6.45, 7) is 0.433. The minimum absolute atomic E-state index is 0.193. The van der Waals surface area contributed by atoms with Crippen LogP contribution in [0.5, 0.6) is 11.5 Å². The van der Waals surface area contributed by atoms with Crippen LogP contribution in [0.25, 0.3) is 16.3 Å². The Labute approximate surface area is 158 Å². The molecule has 0 saturated carbocycles. The lowest BCUT2D eigenvalue weighted by Gasteiger charge is -1.99. The molecule has 7 heteroatoms. The van der Waals surface area contributed by atoms with Gasteiger partial charge >= 0.3 is 0 Å². The topological polar surface area (TPSA) is 52.8 Å². The maximum Gasteiger partial charge on any atom is 0.272 e. The van der Waals surface area contributed by atoms with E-state index in [1.807, 2.05) is 6.07 Å². The quantitative estimate of drug-likeness (QED) is 0.517. The van der Waals surface area contributed by atoms with E-state index in [0.717, 1.165) is 11.1 Å². The standard InChI is InChI=1S/C20H13FN2O3S/c1-2-9-23-15-6-5-14(21)11-18(15)27-20(23)22-19(24)8-4-13-3-7-16-17(10-13)26-12-25-16/h1,3-8,10-11H,9,12H2. The van der Waals surface area contributed by atoms with E-state index in [4.69, 9.17) is 15.9 Å². The van der Waals surface area contributed by atoms with Crippen LogP contribution in [0.15, 0.2) is 47.5 Å². The van der Waals surface area contributed by atoms with Gasteiger partial charge in [-0.3, -0.25) is 4.79 Å². The zero-order valence-electron chi connectivity index (χ0n) is 14.0. The number of aromatic nitrogens is 1. The molecule has 3 aromatic rings. The first-order valence-corrected chi connectivity index (χ1v) is 8.84. The number of carbonyl (C=O) groups is 1. The van der Waals surface area contributed by atoms with Crippen LogP contribution in [0.3, 0.4) is 0 Å². The molecule has 0 fully saturated rings. The van der Waals surface area contributed by atoms with Gasteiger partial charge in [0.05, 0.1) is 16.8 Å². The molecule has 1 amide bonds. The molecule has 0 bridgehead atoms. The second-order valence-corrected chi connectivity index (χ2v) is 6.69. The van der Waals surface area contributed by atoms with Crippen molar-refractivity contribution in [2.24, 2.45) is 4.99 Å². The average molecular weight is 380 g/mol. The van der Waals surface area contributed by atoms with Crippen molar-refractivity contribution in [1.82, 2.24) is 4.57 Å². The number of thiazole rings is 1. The second kappa shape index (κ2) is 7.09. The van der Waals surface area contributed by atoms with Crippen LogP contribution >= 0.6 is 11.3 Å². The number of amides is 1. The Hall–Kier alpha value is -3.37. The van der Waals surface area contributed by atoms with Gasteiger partial charge in [-0.05, 0) is 42.0 Å². The van der Waals surface area contributed by atoms with Gasteiger partial charge in [0.2, 0.25) is 6.79 Å². The number of ether oxygens (including phenoxy) is 2. The predicted molar refractivity (Wildman–Crippen MR) is 101 cm³/mol. The van der Waals surface area contributed by atoms with Crippen LogP contribution in [0.1, 0.15) is 5.56 Å². The second-order valence-electron chi connectivity index (χ2n) is 5.68. The van der Waals surface area contributed by atoms with Crippen LogP contribution in [-0.2, 0) is 11.3 Å². The van der Waals surface area contributed by atoms with Gasteiger partial charge in [-0.15, -0.1) is 6.42 Å². The third-order valence-corrected chi connectivity index (χ3v) is 4.96. The Morgan fingerprint density at radius 2 is 2.15 bits per heavy atom. The summed E-state index contributed by atoms with van der Waals surface area (Å²) in [5.41, 5.74) is 1.53. The number of halogens is 1. The van der Waals surface area contributed by atoms with Crippen molar-refractivity contribution in [1.29, 1.82) is 0 Å². The number of benzene rings is 2. The Morgan fingerprint density at radius 3 is 3.00 bits per heavy atom. The number of carbonyl (C=O) groups excluding carboxylic acids is 1. The Bertz CT molecular complexity index is 1180. The summed E-state index contributed by atoms with van der Waals surface area (Å²) in [7, 11) is 0. The van der Waals surface area contributed by atoms with Crippen LogP contribution in [0.2, 0.25) is 0 Å². The molecule has 1 aromatic heterocycles. The molecule has 0 saturated heterocycles. The van der Waals surface area contributed by atoms with Crippen molar-refractivity contribution in [3.05, 3.63) is 58.7 Å². The first-order chi connectivity index (χ1) is 13.1. The Balaban J connectivity index is 1.65. The molecular formula is C20H13FN2O3S. The van der Waals surface area contributed by atoms with Crippen molar-refractivity contribution in [2.45, 2.75) is 6.54 Å². The highest BCUT2D eigenvalue weighted by Gasteiger charge is 2.12. The molecule has 134 valence electrons. The molecule has 2 heterocycles. The molecule has 27 heavy (non-hydrogen) atoms.